The molecule has 25 heteroatoms. The number of carbonyl (C=O) groups excluding carboxylic acids is 2. The Morgan fingerprint density at radius 1 is 0.862 bits per heavy atom. The molecule has 2 amide bonds. The number of nitrogens with one attached hydrogen (secondary N) is 2. The third-order valence-corrected chi connectivity index (χ3v) is 13.3. The molecule has 0 saturated carbocycles. The smallest absolute Gasteiger partial charge is 0.481 e. The molecule has 0 aliphatic carbocycles. The maximum atomic E-state index is 13.6. The quantitative estimate of drug-likeness (QED) is 0.0476. The van der Waals surface area contributed by atoms with Crippen molar-refractivity contribution in [3.05, 3.63) is 121 Å². The van der Waals surface area contributed by atoms with Crippen LogP contribution in [-0.4, -0.2) is 113 Å². The third kappa shape index (κ3) is 10.1. The third-order valence-electron chi connectivity index (χ3n) is 10.7. The maximum absolute atomic E-state index is 13.6. The van der Waals surface area contributed by atoms with Crippen molar-refractivity contribution >= 4 is 55.2 Å². The van der Waals surface area contributed by atoms with Crippen molar-refractivity contribution < 1.29 is 76.0 Å². The Morgan fingerprint density at radius 2 is 1.57 bits per heavy atom. The highest BCUT2D eigenvalue weighted by molar-refractivity contribution is 7.61. The van der Waals surface area contributed by atoms with Gasteiger partial charge in [0, 0.05) is 18.2 Å². The van der Waals surface area contributed by atoms with Crippen LogP contribution in [0.15, 0.2) is 104 Å². The van der Waals surface area contributed by atoms with Gasteiger partial charge in [-0.1, -0.05) is 48.5 Å². The summed E-state index contributed by atoms with van der Waals surface area (Å²) in [6.07, 6.45) is -5.17. The van der Waals surface area contributed by atoms with Crippen LogP contribution in [0.4, 0.5) is 5.82 Å². The molecule has 0 spiro atoms. The Bertz CT molecular complexity index is 2810. The van der Waals surface area contributed by atoms with E-state index in [9.17, 15) is 43.8 Å². The van der Waals surface area contributed by atoms with Crippen molar-refractivity contribution in [3.63, 3.8) is 0 Å². The van der Waals surface area contributed by atoms with Crippen molar-refractivity contribution in [1.29, 1.82) is 0 Å². The molecule has 6 aromatic rings. The number of ether oxygens (including phenoxy) is 3. The molecule has 2 fully saturated rings. The number of nitrogens with zero attached hydrogens (tertiary/aromatic N) is 5. The van der Waals surface area contributed by atoms with E-state index in [0.29, 0.717) is 23.6 Å². The minimum absolute atomic E-state index is 0.0594. The molecule has 342 valence electrons. The Balaban J connectivity index is 0.961. The van der Waals surface area contributed by atoms with Crippen molar-refractivity contribution in [2.75, 3.05) is 25.6 Å². The summed E-state index contributed by atoms with van der Waals surface area (Å²) in [5, 5.41) is 40.9. The first-order valence-electron chi connectivity index (χ1n) is 19.8. The van der Waals surface area contributed by atoms with Gasteiger partial charge in [-0.2, -0.15) is 8.88 Å². The Hall–Kier alpha value is -5.78. The van der Waals surface area contributed by atoms with E-state index >= 15 is 0 Å². The van der Waals surface area contributed by atoms with E-state index in [1.165, 1.54) is 65.6 Å². The van der Waals surface area contributed by atoms with Gasteiger partial charge in [0.25, 0.3) is 18.0 Å². The molecule has 0 radical (unpaired) electrons. The molecule has 2 saturated heterocycles. The number of hydrogen-bond donors (Lipinski definition) is 8. The highest BCUT2D eigenvalue weighted by Crippen LogP contribution is 2.61. The van der Waals surface area contributed by atoms with Gasteiger partial charge in [-0.05, 0) is 40.6 Å². The lowest BCUT2D eigenvalue weighted by molar-refractivity contribution is -0.765. The second-order valence-corrected chi connectivity index (χ2v) is 17.9. The SMILES string of the molecule is COc1cccc(C(=O)N[C@@H]2[C@H](O)[C@@H](COP(=O)(O)OP(=O)(O)OC[C@H]3O[C@@H]([n+]4cccc(C(N)=O)c4)[C@H](O)[C@@H]3O)O[C@H]2n2cnc3c(NCc4cccc5ccccc45)ncnc32)c1. The van der Waals surface area contributed by atoms with Crippen molar-refractivity contribution in [2.24, 2.45) is 5.73 Å². The lowest BCUT2D eigenvalue weighted by Crippen LogP contribution is -2.46. The molecule has 3 aromatic heterocycles. The predicted molar refractivity (Wildman–Crippen MR) is 224 cm³/mol. The van der Waals surface area contributed by atoms with Gasteiger partial charge in [-0.3, -0.25) is 23.2 Å². The van der Waals surface area contributed by atoms with Crippen LogP contribution >= 0.6 is 15.6 Å². The minimum Gasteiger partial charge on any atom is -0.497 e. The normalized spacial score (nSPS) is 25.0. The van der Waals surface area contributed by atoms with Gasteiger partial charge in [0.15, 0.2) is 41.7 Å². The minimum atomic E-state index is -5.51. The zero-order valence-corrected chi connectivity index (χ0v) is 35.9. The zero-order chi connectivity index (χ0) is 46.0. The number of anilines is 1. The average Bonchev–Trinajstić information content (AvgIpc) is 3.96. The van der Waals surface area contributed by atoms with E-state index in [-0.39, 0.29) is 16.8 Å². The predicted octanol–water partition coefficient (Wildman–Crippen LogP) is 1.61. The summed E-state index contributed by atoms with van der Waals surface area (Å²) in [7, 11) is -9.56. The number of benzene rings is 3. The van der Waals surface area contributed by atoms with Crippen molar-refractivity contribution in [2.45, 2.75) is 55.6 Å². The number of phosphoric acid groups is 2. The molecule has 23 nitrogen and oxygen atoms in total. The van der Waals surface area contributed by atoms with Crippen LogP contribution in [-0.2, 0) is 38.5 Å². The molecule has 0 bridgehead atoms. The van der Waals surface area contributed by atoms with E-state index in [1.54, 1.807) is 12.1 Å². The van der Waals surface area contributed by atoms with Crippen molar-refractivity contribution in [3.8, 4) is 5.75 Å². The maximum Gasteiger partial charge on any atom is 0.481 e. The number of aliphatic hydroxyl groups excluding tert-OH is 3. The van der Waals surface area contributed by atoms with Crippen molar-refractivity contribution in [1.82, 2.24) is 24.8 Å². The first-order valence-corrected chi connectivity index (χ1v) is 22.7. The lowest BCUT2D eigenvalue weighted by Gasteiger charge is -2.23. The van der Waals surface area contributed by atoms with E-state index in [4.69, 9.17) is 29.0 Å². The number of methoxy groups -OCH3 is 1. The summed E-state index contributed by atoms with van der Waals surface area (Å²) in [6, 6.07) is 21.6. The van der Waals surface area contributed by atoms with Crippen LogP contribution in [0.25, 0.3) is 21.9 Å². The Morgan fingerprint density at radius 3 is 2.32 bits per heavy atom. The first kappa shape index (κ1) is 45.8. The van der Waals surface area contributed by atoms with E-state index in [2.05, 4.69) is 29.9 Å². The number of nitrogens with two attached hydrogens (primary N) is 1. The van der Waals surface area contributed by atoms with Crippen LogP contribution in [0.3, 0.4) is 0 Å². The van der Waals surface area contributed by atoms with Gasteiger partial charge in [-0.15, -0.1) is 0 Å². The second-order valence-electron chi connectivity index (χ2n) is 14.9. The summed E-state index contributed by atoms with van der Waals surface area (Å²) in [4.78, 5) is 59.5. The molecular weight excluding hydrogens is 894 g/mol. The van der Waals surface area contributed by atoms with E-state index in [1.807, 2.05) is 42.5 Å². The zero-order valence-electron chi connectivity index (χ0n) is 34.1. The highest BCUT2D eigenvalue weighted by atomic mass is 31.3. The van der Waals surface area contributed by atoms with Gasteiger partial charge in [-0.25, -0.2) is 24.1 Å². The number of amides is 2. The number of imidazole rings is 1. The molecule has 65 heavy (non-hydrogen) atoms. The summed E-state index contributed by atoms with van der Waals surface area (Å²) in [5.41, 5.74) is 7.07. The monoisotopic (exact) mass is 937 g/mol. The number of fused-ring (bicyclic) bond motifs is 2. The molecule has 3 aromatic carbocycles. The first-order chi connectivity index (χ1) is 31.1. The fourth-order valence-corrected chi connectivity index (χ4v) is 9.58. The number of pyridine rings is 1. The van der Waals surface area contributed by atoms with Gasteiger partial charge in [0.05, 0.1) is 26.7 Å². The van der Waals surface area contributed by atoms with Crippen LogP contribution in [0, 0.1) is 0 Å². The molecule has 2 unspecified atom stereocenters. The highest BCUT2D eigenvalue weighted by Gasteiger charge is 2.51. The van der Waals surface area contributed by atoms with Gasteiger partial charge >= 0.3 is 15.6 Å². The van der Waals surface area contributed by atoms with Crippen LogP contribution in [0.5, 0.6) is 5.75 Å². The summed E-state index contributed by atoms with van der Waals surface area (Å²) in [6.45, 7) is -1.49. The Kier molecular flexibility index (Phi) is 13.4. The number of aliphatic hydroxyl groups is 3. The van der Waals surface area contributed by atoms with Crippen LogP contribution in [0.2, 0.25) is 0 Å². The van der Waals surface area contributed by atoms with Crippen LogP contribution in [0.1, 0.15) is 38.7 Å². The number of primary amides is 1. The largest absolute Gasteiger partial charge is 0.497 e. The second kappa shape index (κ2) is 19.0. The lowest BCUT2D eigenvalue weighted by atomic mass is 10.0. The molecular formula is C40H43N8O15P2+. The van der Waals surface area contributed by atoms with Gasteiger partial charge in [0.1, 0.15) is 48.1 Å². The number of rotatable bonds is 17. The summed E-state index contributed by atoms with van der Waals surface area (Å²) in [5.74, 6) is -0.677. The number of phosphoric ester groups is 2. The average molecular weight is 938 g/mol. The van der Waals surface area contributed by atoms with Gasteiger partial charge in [0.2, 0.25) is 0 Å². The number of carbonyl (C=O) groups is 2. The standard InChI is InChI=1S/C40H42N8O15P2/c1-58-26-12-5-9-23(15-26)38(53)46-30-32(49)28(61-39(30)48-21-45-31-36(43-20-44-37(31)48)42-16-24-10-4-8-22-7-2-3-13-27(22)24)18-59-64(54,55)63-65(56,57)60-19-29-33(50)34(51)40(62-29)47-14-6-11-25(17-47)35(41)52/h2-15,17,20-21,28-30,32-34,39-40,49-51H,16,18-19H2,1H3,(H5-,41,42,43,44,46,52,53,54,55,56,57)/p+1/t28-,29-,30-,32-,33-,34-,39-,40-/m1/s1. The van der Waals surface area contributed by atoms with Crippen LogP contribution < -0.4 is 25.7 Å². The molecule has 5 heterocycles. The van der Waals surface area contributed by atoms with Gasteiger partial charge < -0.3 is 55.7 Å². The topological polar surface area (TPSA) is 322 Å². The number of hydrogen-bond acceptors (Lipinski definition) is 17. The summed E-state index contributed by atoms with van der Waals surface area (Å²) < 4.78 is 59.9. The molecule has 2 aliphatic rings. The molecule has 8 rings (SSSR count). The Labute approximate surface area is 368 Å². The fourth-order valence-electron chi connectivity index (χ4n) is 7.49. The van der Waals surface area contributed by atoms with E-state index < -0.39 is 89.7 Å². The number of aromatic nitrogens is 5. The fraction of sp³-hybridized carbons (Fsp3) is 0.300. The molecule has 9 N–H and O–H groups in total. The van der Waals surface area contributed by atoms with E-state index in [0.717, 1.165) is 16.3 Å². The molecule has 2 aliphatic heterocycles. The summed E-state index contributed by atoms with van der Waals surface area (Å²) >= 11 is 0. The molecule has 10 atom stereocenters.